The van der Waals surface area contributed by atoms with Crippen molar-refractivity contribution in [3.63, 3.8) is 0 Å². The minimum Gasteiger partial charge on any atom is -0.506 e. The fourth-order valence-corrected chi connectivity index (χ4v) is 9.80. The van der Waals surface area contributed by atoms with E-state index in [2.05, 4.69) is 123 Å². The molecule has 0 unspecified atom stereocenters. The molecule has 1 aromatic heterocycles. The second-order valence-corrected chi connectivity index (χ2v) is 16.2. The van der Waals surface area contributed by atoms with Crippen molar-refractivity contribution in [1.29, 1.82) is 0 Å². The Balaban J connectivity index is 1.33. The first-order valence-electron chi connectivity index (χ1n) is 19.3. The van der Waals surface area contributed by atoms with Crippen molar-refractivity contribution < 1.29 is 25.5 Å². The normalized spacial score (nSPS) is 17.7. The molecule has 58 heavy (non-hydrogen) atoms. The van der Waals surface area contributed by atoms with E-state index in [1.807, 2.05) is 29.7 Å². The third-order valence-corrected chi connectivity index (χ3v) is 12.5. The summed E-state index contributed by atoms with van der Waals surface area (Å²) in [6, 6.07) is 28.3. The van der Waals surface area contributed by atoms with Crippen molar-refractivity contribution >= 4 is 39.9 Å². The molecular weight excluding hydrogens is 739 g/mol. The average Bonchev–Trinajstić information content (AvgIpc) is 3.69. The number of fused-ring (bicyclic) bond motifs is 8. The number of hydrogen-bond donors (Lipinski definition) is 5. The highest BCUT2D eigenvalue weighted by Crippen LogP contribution is 2.53. The molecule has 0 spiro atoms. The molecule has 5 aromatic rings. The predicted molar refractivity (Wildman–Crippen MR) is 239 cm³/mol. The minimum absolute atomic E-state index is 0.0123. The van der Waals surface area contributed by atoms with E-state index in [1.54, 1.807) is 6.08 Å². The van der Waals surface area contributed by atoms with Gasteiger partial charge in [0.05, 0.1) is 11.2 Å². The zero-order chi connectivity index (χ0) is 40.9. The third kappa shape index (κ3) is 6.37. The molecule has 3 aliphatic rings. The fourth-order valence-electron chi connectivity index (χ4n) is 8.66. The second kappa shape index (κ2) is 15.2. The van der Waals surface area contributed by atoms with Gasteiger partial charge in [0.2, 0.25) is 11.5 Å². The van der Waals surface area contributed by atoms with Gasteiger partial charge in [0.25, 0.3) is 0 Å². The Bertz CT molecular complexity index is 2770. The first-order valence-corrected chi connectivity index (χ1v) is 20.1. The van der Waals surface area contributed by atoms with Crippen molar-refractivity contribution in [2.45, 2.75) is 43.4 Å². The SMILES string of the molecule is C=C/C=C\Cc1cc(C2=Cc3c(c4c5c(ccc4n3-c3ccccc3)C(=C)/C=C\C(C(=C)/C(O)=C(O)\C(O)=C(\O)CO)=C/S5)CC2)c2c(c1)-c1ccccc1C2(C)C. The van der Waals surface area contributed by atoms with Crippen molar-refractivity contribution in [3.8, 4) is 16.8 Å². The summed E-state index contributed by atoms with van der Waals surface area (Å²) in [5.41, 5.74) is 15.6. The van der Waals surface area contributed by atoms with Crippen molar-refractivity contribution in [3.05, 3.63) is 208 Å². The fraction of sp³-hybridized carbons (Fsp3) is 0.137. The van der Waals surface area contributed by atoms with Crippen LogP contribution in [0.1, 0.15) is 59.3 Å². The maximum Gasteiger partial charge on any atom is 0.204 e. The van der Waals surface area contributed by atoms with Crippen LogP contribution in [0.5, 0.6) is 0 Å². The maximum atomic E-state index is 10.9. The van der Waals surface area contributed by atoms with Gasteiger partial charge in [0.15, 0.2) is 11.5 Å². The van der Waals surface area contributed by atoms with Gasteiger partial charge in [-0.15, -0.1) is 0 Å². The lowest BCUT2D eigenvalue weighted by Crippen LogP contribution is -2.18. The van der Waals surface area contributed by atoms with Crippen LogP contribution in [-0.2, 0) is 18.3 Å². The van der Waals surface area contributed by atoms with Crippen LogP contribution in [0.2, 0.25) is 0 Å². The van der Waals surface area contributed by atoms with Gasteiger partial charge in [0.1, 0.15) is 6.61 Å². The van der Waals surface area contributed by atoms with Crippen LogP contribution in [0.3, 0.4) is 0 Å². The van der Waals surface area contributed by atoms with E-state index in [4.69, 9.17) is 0 Å². The van der Waals surface area contributed by atoms with Gasteiger partial charge in [-0.1, -0.05) is 136 Å². The summed E-state index contributed by atoms with van der Waals surface area (Å²) in [6.07, 6.45) is 14.4. The molecular formula is C51H45NO5S. The van der Waals surface area contributed by atoms with E-state index in [-0.39, 0.29) is 11.0 Å². The molecule has 0 radical (unpaired) electrons. The molecule has 5 N–H and O–H groups in total. The predicted octanol–water partition coefficient (Wildman–Crippen LogP) is 12.5. The van der Waals surface area contributed by atoms with Gasteiger partial charge in [-0.3, -0.25) is 0 Å². The zero-order valence-corrected chi connectivity index (χ0v) is 33.4. The number of benzene rings is 4. The van der Waals surface area contributed by atoms with Crippen LogP contribution in [0.15, 0.2) is 173 Å². The monoisotopic (exact) mass is 783 g/mol. The molecule has 0 amide bonds. The van der Waals surface area contributed by atoms with Gasteiger partial charge in [-0.25, -0.2) is 0 Å². The van der Waals surface area contributed by atoms with Gasteiger partial charge in [-0.05, 0) is 110 Å². The number of thioether (sulfide) groups is 1. The van der Waals surface area contributed by atoms with Crippen molar-refractivity contribution in [1.82, 2.24) is 4.57 Å². The third-order valence-electron chi connectivity index (χ3n) is 11.5. The Hall–Kier alpha value is -6.41. The summed E-state index contributed by atoms with van der Waals surface area (Å²) >= 11 is 1.48. The molecule has 2 aliphatic carbocycles. The minimum atomic E-state index is -1.03. The Labute approximate surface area is 343 Å². The first-order chi connectivity index (χ1) is 28.0. The molecule has 0 saturated carbocycles. The molecule has 6 nitrogen and oxygen atoms in total. The van der Waals surface area contributed by atoms with E-state index in [0.717, 1.165) is 57.6 Å². The smallest absolute Gasteiger partial charge is 0.204 e. The summed E-state index contributed by atoms with van der Waals surface area (Å²) in [4.78, 5) is 1.00. The van der Waals surface area contributed by atoms with Crippen LogP contribution in [-0.4, -0.2) is 36.7 Å². The quantitative estimate of drug-likeness (QED) is 0.0753. The number of nitrogens with zero attached hydrogens (tertiary/aromatic N) is 1. The number of para-hydroxylation sites is 1. The molecule has 1 aliphatic heterocycles. The van der Waals surface area contributed by atoms with Crippen molar-refractivity contribution in [2.24, 2.45) is 0 Å². The van der Waals surface area contributed by atoms with E-state index < -0.39 is 29.6 Å². The molecule has 2 heterocycles. The van der Waals surface area contributed by atoms with Crippen LogP contribution in [0.25, 0.3) is 44.9 Å². The van der Waals surface area contributed by atoms with E-state index in [0.29, 0.717) is 5.57 Å². The van der Waals surface area contributed by atoms with Crippen LogP contribution in [0.4, 0.5) is 0 Å². The summed E-state index contributed by atoms with van der Waals surface area (Å²) in [6.45, 7) is 16.0. The Kier molecular flexibility index (Phi) is 10.1. The standard InChI is InChI=1S/C51H45NO5S/c1-6-7-9-14-32-25-39(46-40(26-32)37-17-12-13-18-41(37)51(46,4)5)33-21-22-38-43(27-33)52(35-15-10-8-11-16-35)42-24-23-36-30(2)19-20-34(29-58-50(36)45(38)42)31(3)47(55)49(57)48(56)44(54)28-53/h6-13,15-20,23-27,29,53-57H,1-3,14,21-22,28H2,4-5H3/b9-7-,20-19-,34-29+,48-44-,49-47-. The number of rotatable bonds is 9. The first kappa shape index (κ1) is 38.5. The zero-order valence-electron chi connectivity index (χ0n) is 32.6. The number of aromatic nitrogens is 1. The summed E-state index contributed by atoms with van der Waals surface area (Å²) < 4.78 is 2.36. The summed E-state index contributed by atoms with van der Waals surface area (Å²) in [7, 11) is 0. The number of aryl methyl sites for hydroxylation is 1. The highest BCUT2D eigenvalue weighted by molar-refractivity contribution is 8.02. The highest BCUT2D eigenvalue weighted by atomic mass is 32.2. The van der Waals surface area contributed by atoms with Crippen LogP contribution < -0.4 is 0 Å². The molecule has 0 saturated heterocycles. The van der Waals surface area contributed by atoms with Crippen LogP contribution in [0, 0.1) is 0 Å². The lowest BCUT2D eigenvalue weighted by Gasteiger charge is -2.27. The highest BCUT2D eigenvalue weighted by Gasteiger charge is 2.38. The van der Waals surface area contributed by atoms with Gasteiger partial charge < -0.3 is 30.1 Å². The average molecular weight is 784 g/mol. The largest absolute Gasteiger partial charge is 0.506 e. The number of aliphatic hydroxyl groups is 5. The molecule has 0 atom stereocenters. The van der Waals surface area contributed by atoms with E-state index in [9.17, 15) is 25.5 Å². The Morgan fingerprint density at radius 2 is 1.59 bits per heavy atom. The Morgan fingerprint density at radius 3 is 2.34 bits per heavy atom. The van der Waals surface area contributed by atoms with E-state index >= 15 is 0 Å². The van der Waals surface area contributed by atoms with Gasteiger partial charge >= 0.3 is 0 Å². The van der Waals surface area contributed by atoms with Crippen LogP contribution >= 0.6 is 11.8 Å². The molecule has 7 heteroatoms. The molecule has 0 fully saturated rings. The Morgan fingerprint density at radius 1 is 0.845 bits per heavy atom. The molecule has 8 rings (SSSR count). The number of allylic oxidation sites excluding steroid dienone is 8. The lowest BCUT2D eigenvalue weighted by molar-refractivity contribution is 0.212. The molecule has 290 valence electrons. The number of aliphatic hydroxyl groups excluding tert-OH is 5. The second-order valence-electron chi connectivity index (χ2n) is 15.3. The van der Waals surface area contributed by atoms with Crippen molar-refractivity contribution in [2.75, 3.05) is 6.61 Å². The molecule has 4 aromatic carbocycles. The van der Waals surface area contributed by atoms with Gasteiger partial charge in [-0.2, -0.15) is 0 Å². The number of hydrogen-bond acceptors (Lipinski definition) is 6. The molecule has 0 bridgehead atoms. The topological polar surface area (TPSA) is 106 Å². The maximum absolute atomic E-state index is 10.9. The summed E-state index contributed by atoms with van der Waals surface area (Å²) in [5.74, 6) is -3.64. The lowest BCUT2D eigenvalue weighted by atomic mass is 9.76. The van der Waals surface area contributed by atoms with E-state index in [1.165, 1.54) is 56.3 Å². The van der Waals surface area contributed by atoms with Gasteiger partial charge in [0, 0.05) is 27.0 Å². The summed E-state index contributed by atoms with van der Waals surface area (Å²) in [5, 5.41) is 53.5.